The number of carbonyl (C=O) groups excluding carboxylic acids is 1. The van der Waals surface area contributed by atoms with Gasteiger partial charge in [-0.05, 0) is 19.1 Å². The number of anilines is 1. The zero-order chi connectivity index (χ0) is 15.0. The number of hydrogen-bond donors (Lipinski definition) is 1. The number of benzene rings is 1. The fraction of sp³-hybridized carbons (Fsp3) is 0.0714. The highest BCUT2D eigenvalue weighted by molar-refractivity contribution is 7.16. The maximum Gasteiger partial charge on any atom is 0.271 e. The third-order valence-electron chi connectivity index (χ3n) is 2.89. The Kier molecular flexibility index (Phi) is 3.26. The van der Waals surface area contributed by atoms with E-state index in [0.29, 0.717) is 4.96 Å². The highest BCUT2D eigenvalue weighted by Crippen LogP contribution is 2.15. The molecule has 3 aromatic rings. The average molecular weight is 303 g/mol. The first kappa shape index (κ1) is 13.4. The minimum absolute atomic E-state index is 0.0218. The van der Waals surface area contributed by atoms with Crippen LogP contribution in [0.1, 0.15) is 15.2 Å². The van der Waals surface area contributed by atoms with Gasteiger partial charge in [-0.15, -0.1) is 11.3 Å². The Balaban J connectivity index is 2.00. The molecular weight excluding hydrogens is 293 g/mol. The smallest absolute Gasteiger partial charge is 0.271 e. The fourth-order valence-electron chi connectivity index (χ4n) is 1.90. The molecule has 0 atom stereocenters. The van der Waals surface area contributed by atoms with Gasteiger partial charge in [0.2, 0.25) is 0 Å². The standard InChI is InChI=1S/C14H10FN3O2S/c1-8-7-18-13(20)9(6-16-14(18)21-8)12(19)17-11-5-3-2-4-10(11)15/h2-7H,1H3,(H,17,19). The minimum atomic E-state index is -0.684. The molecule has 0 bridgehead atoms. The van der Waals surface area contributed by atoms with Crippen molar-refractivity contribution in [2.45, 2.75) is 6.92 Å². The molecule has 1 N–H and O–H groups in total. The average Bonchev–Trinajstić information content (AvgIpc) is 2.83. The first-order valence-corrected chi connectivity index (χ1v) is 6.91. The minimum Gasteiger partial charge on any atom is -0.319 e. The molecule has 0 aliphatic heterocycles. The Morgan fingerprint density at radius 2 is 2.14 bits per heavy atom. The summed E-state index contributed by atoms with van der Waals surface area (Å²) in [5.41, 5.74) is -0.583. The number of nitrogens with one attached hydrogen (secondary N) is 1. The highest BCUT2D eigenvalue weighted by Gasteiger charge is 2.15. The lowest BCUT2D eigenvalue weighted by Crippen LogP contribution is -2.26. The first-order valence-electron chi connectivity index (χ1n) is 6.10. The number of aryl methyl sites for hydroxylation is 1. The Hall–Kier alpha value is -2.54. The summed E-state index contributed by atoms with van der Waals surface area (Å²) in [5.74, 6) is -1.25. The van der Waals surface area contributed by atoms with Gasteiger partial charge >= 0.3 is 0 Å². The van der Waals surface area contributed by atoms with E-state index in [9.17, 15) is 14.0 Å². The maximum atomic E-state index is 13.5. The molecule has 2 heterocycles. The predicted molar refractivity (Wildman–Crippen MR) is 78.4 cm³/mol. The van der Waals surface area contributed by atoms with Crippen LogP contribution in [-0.2, 0) is 0 Å². The van der Waals surface area contributed by atoms with Gasteiger partial charge in [0.25, 0.3) is 11.5 Å². The lowest BCUT2D eigenvalue weighted by atomic mass is 10.2. The van der Waals surface area contributed by atoms with Crippen LogP contribution in [0.25, 0.3) is 4.96 Å². The number of aromatic nitrogens is 2. The van der Waals surface area contributed by atoms with Crippen LogP contribution in [0.3, 0.4) is 0 Å². The summed E-state index contributed by atoms with van der Waals surface area (Å²) in [7, 11) is 0. The van der Waals surface area contributed by atoms with Gasteiger partial charge in [0.05, 0.1) is 5.69 Å². The Labute approximate surface area is 122 Å². The summed E-state index contributed by atoms with van der Waals surface area (Å²) in [6, 6.07) is 5.76. The molecule has 21 heavy (non-hydrogen) atoms. The lowest BCUT2D eigenvalue weighted by Gasteiger charge is -2.05. The second-order valence-corrected chi connectivity index (χ2v) is 5.62. The highest BCUT2D eigenvalue weighted by atomic mass is 32.1. The van der Waals surface area contributed by atoms with Crippen molar-refractivity contribution in [1.29, 1.82) is 0 Å². The summed E-state index contributed by atoms with van der Waals surface area (Å²) in [5, 5.41) is 2.37. The molecule has 0 radical (unpaired) electrons. The van der Waals surface area contributed by atoms with E-state index in [1.165, 1.54) is 40.1 Å². The SMILES string of the molecule is Cc1cn2c(=O)c(C(=O)Nc3ccccc3F)cnc2s1. The predicted octanol–water partition coefficient (Wildman–Crippen LogP) is 2.46. The van der Waals surface area contributed by atoms with Crippen LogP contribution in [0.2, 0.25) is 0 Å². The summed E-state index contributed by atoms with van der Waals surface area (Å²) in [6.45, 7) is 1.85. The van der Waals surface area contributed by atoms with E-state index in [-0.39, 0.29) is 11.3 Å². The molecule has 106 valence electrons. The number of fused-ring (bicyclic) bond motifs is 1. The van der Waals surface area contributed by atoms with Crippen LogP contribution in [-0.4, -0.2) is 15.3 Å². The number of amides is 1. The van der Waals surface area contributed by atoms with Crippen molar-refractivity contribution in [2.75, 3.05) is 5.32 Å². The second kappa shape index (κ2) is 5.10. The summed E-state index contributed by atoms with van der Waals surface area (Å²) >= 11 is 1.35. The number of thiazole rings is 1. The van der Waals surface area contributed by atoms with Crippen molar-refractivity contribution in [2.24, 2.45) is 0 Å². The molecule has 0 fully saturated rings. The number of para-hydroxylation sites is 1. The van der Waals surface area contributed by atoms with Crippen molar-refractivity contribution in [3.63, 3.8) is 0 Å². The molecule has 0 aliphatic rings. The largest absolute Gasteiger partial charge is 0.319 e. The van der Waals surface area contributed by atoms with Crippen LogP contribution in [0.4, 0.5) is 10.1 Å². The van der Waals surface area contributed by atoms with E-state index in [0.717, 1.165) is 4.88 Å². The van der Waals surface area contributed by atoms with Crippen LogP contribution in [0, 0.1) is 12.7 Å². The zero-order valence-electron chi connectivity index (χ0n) is 11.0. The Bertz CT molecular complexity index is 901. The number of halogens is 1. The molecule has 1 amide bonds. The van der Waals surface area contributed by atoms with E-state index < -0.39 is 17.3 Å². The molecule has 0 aliphatic carbocycles. The second-order valence-electron chi connectivity index (χ2n) is 4.41. The van der Waals surface area contributed by atoms with Gasteiger partial charge in [-0.3, -0.25) is 14.0 Å². The zero-order valence-corrected chi connectivity index (χ0v) is 11.8. The maximum absolute atomic E-state index is 13.5. The molecule has 0 saturated heterocycles. The van der Waals surface area contributed by atoms with E-state index >= 15 is 0 Å². The molecule has 1 aromatic carbocycles. The fourth-order valence-corrected chi connectivity index (χ4v) is 2.69. The van der Waals surface area contributed by atoms with Crippen LogP contribution in [0.15, 0.2) is 41.5 Å². The van der Waals surface area contributed by atoms with Gasteiger partial charge in [-0.2, -0.15) is 0 Å². The first-order chi connectivity index (χ1) is 10.1. The van der Waals surface area contributed by atoms with E-state index in [2.05, 4.69) is 10.3 Å². The molecule has 0 spiro atoms. The number of carbonyl (C=O) groups is 1. The Morgan fingerprint density at radius 3 is 2.90 bits per heavy atom. The molecule has 3 rings (SSSR count). The summed E-state index contributed by atoms with van der Waals surface area (Å²) in [4.78, 5) is 29.8. The summed E-state index contributed by atoms with van der Waals surface area (Å²) < 4.78 is 14.8. The van der Waals surface area contributed by atoms with Gasteiger partial charge in [0.1, 0.15) is 11.4 Å². The molecule has 0 unspecified atom stereocenters. The van der Waals surface area contributed by atoms with E-state index in [4.69, 9.17) is 0 Å². The molecule has 7 heteroatoms. The van der Waals surface area contributed by atoms with Gasteiger partial charge in [-0.25, -0.2) is 9.37 Å². The van der Waals surface area contributed by atoms with Crippen molar-refractivity contribution in [3.05, 3.63) is 63.3 Å². The third-order valence-corrected chi connectivity index (χ3v) is 3.80. The van der Waals surface area contributed by atoms with Gasteiger partial charge < -0.3 is 5.32 Å². The molecule has 0 saturated carbocycles. The van der Waals surface area contributed by atoms with Crippen molar-refractivity contribution >= 4 is 27.9 Å². The number of hydrogen-bond acceptors (Lipinski definition) is 4. The lowest BCUT2D eigenvalue weighted by molar-refractivity contribution is 0.102. The topological polar surface area (TPSA) is 63.5 Å². The summed E-state index contributed by atoms with van der Waals surface area (Å²) in [6.07, 6.45) is 2.83. The van der Waals surface area contributed by atoms with Crippen LogP contribution < -0.4 is 10.9 Å². The third kappa shape index (κ3) is 2.43. The molecular formula is C14H10FN3O2S. The van der Waals surface area contributed by atoms with Crippen molar-refractivity contribution in [1.82, 2.24) is 9.38 Å². The number of nitrogens with zero attached hydrogens (tertiary/aromatic N) is 2. The van der Waals surface area contributed by atoms with Crippen molar-refractivity contribution in [3.8, 4) is 0 Å². The van der Waals surface area contributed by atoms with Crippen LogP contribution in [0.5, 0.6) is 0 Å². The normalized spacial score (nSPS) is 10.8. The van der Waals surface area contributed by atoms with Crippen molar-refractivity contribution < 1.29 is 9.18 Å². The monoisotopic (exact) mass is 303 g/mol. The quantitative estimate of drug-likeness (QED) is 0.791. The van der Waals surface area contributed by atoms with Gasteiger partial charge in [0.15, 0.2) is 4.96 Å². The van der Waals surface area contributed by atoms with E-state index in [1.807, 2.05) is 6.92 Å². The van der Waals surface area contributed by atoms with Gasteiger partial charge in [-0.1, -0.05) is 12.1 Å². The van der Waals surface area contributed by atoms with E-state index in [1.54, 1.807) is 12.3 Å². The number of rotatable bonds is 2. The molecule has 2 aromatic heterocycles. The van der Waals surface area contributed by atoms with Crippen LogP contribution >= 0.6 is 11.3 Å². The molecule has 5 nitrogen and oxygen atoms in total. The van der Waals surface area contributed by atoms with Gasteiger partial charge in [0, 0.05) is 17.3 Å². The Morgan fingerprint density at radius 1 is 1.38 bits per heavy atom.